The first kappa shape index (κ1) is 24.6. The van der Waals surface area contributed by atoms with Gasteiger partial charge < -0.3 is 15.5 Å². The van der Waals surface area contributed by atoms with Crippen LogP contribution in [0.5, 0.6) is 5.75 Å². The first-order valence-electron chi connectivity index (χ1n) is 12.5. The number of carboxylic acid groups (broad SMARTS) is 1. The third-order valence-electron chi connectivity index (χ3n) is 7.21. The summed E-state index contributed by atoms with van der Waals surface area (Å²) in [5, 5.41) is 25.5. The van der Waals surface area contributed by atoms with Gasteiger partial charge in [0.05, 0.1) is 21.8 Å². The average Bonchev–Trinajstić information content (AvgIpc) is 2.92. The van der Waals surface area contributed by atoms with Crippen LogP contribution in [0.25, 0.3) is 16.5 Å². The van der Waals surface area contributed by atoms with Crippen molar-refractivity contribution >= 4 is 45.5 Å². The number of halogens is 1. The lowest BCUT2D eigenvalue weighted by molar-refractivity contribution is -0.110. The number of phenols is 1. The van der Waals surface area contributed by atoms with E-state index in [9.17, 15) is 19.8 Å². The van der Waals surface area contributed by atoms with Gasteiger partial charge in [-0.1, -0.05) is 54.1 Å². The Morgan fingerprint density at radius 2 is 1.82 bits per heavy atom. The van der Waals surface area contributed by atoms with E-state index in [1.807, 2.05) is 37.3 Å². The Morgan fingerprint density at radius 3 is 2.64 bits per heavy atom. The predicted octanol–water partition coefficient (Wildman–Crippen LogP) is 6.55. The molecule has 39 heavy (non-hydrogen) atoms. The SMILES string of the molecule is Cc1ccc2cccc(NCc3c(O)ccc4c3CC3=CC(=O)C(Cl)=CC3=C4c3ccccc3C(=O)O)c2n1. The number of phenolic OH excluding ortho intramolecular Hbond substituents is 1. The second-order valence-electron chi connectivity index (χ2n) is 9.62. The first-order chi connectivity index (χ1) is 18.8. The van der Waals surface area contributed by atoms with E-state index in [-0.39, 0.29) is 22.1 Å². The van der Waals surface area contributed by atoms with Gasteiger partial charge >= 0.3 is 5.97 Å². The van der Waals surface area contributed by atoms with Crippen LogP contribution in [0.4, 0.5) is 5.69 Å². The molecule has 0 amide bonds. The third kappa shape index (κ3) is 4.29. The molecule has 2 aliphatic rings. The number of carbonyl (C=O) groups excluding carboxylic acids is 1. The van der Waals surface area contributed by atoms with Crippen LogP contribution in [-0.4, -0.2) is 26.9 Å². The Bertz CT molecular complexity index is 1820. The molecule has 0 bridgehead atoms. The van der Waals surface area contributed by atoms with Crippen molar-refractivity contribution in [3.05, 3.63) is 129 Å². The van der Waals surface area contributed by atoms with Crippen LogP contribution < -0.4 is 5.32 Å². The molecule has 0 atom stereocenters. The van der Waals surface area contributed by atoms with Crippen molar-refractivity contribution < 1.29 is 19.8 Å². The summed E-state index contributed by atoms with van der Waals surface area (Å²) in [5.74, 6) is -1.25. The summed E-state index contributed by atoms with van der Waals surface area (Å²) in [6, 6.07) is 20.1. The highest BCUT2D eigenvalue weighted by Crippen LogP contribution is 2.45. The maximum atomic E-state index is 12.5. The van der Waals surface area contributed by atoms with E-state index in [0.29, 0.717) is 35.2 Å². The van der Waals surface area contributed by atoms with Gasteiger partial charge in [-0.15, -0.1) is 0 Å². The molecule has 1 heterocycles. The molecule has 1 aromatic heterocycles. The Hall–Kier alpha value is -4.68. The van der Waals surface area contributed by atoms with Crippen LogP contribution in [0.15, 0.2) is 95.1 Å². The molecule has 2 aliphatic carbocycles. The number of allylic oxidation sites excluding steroid dienone is 5. The summed E-state index contributed by atoms with van der Waals surface area (Å²) in [6.07, 6.45) is 3.50. The number of ketones is 1. The number of fused-ring (bicyclic) bond motifs is 3. The number of hydrogen-bond donors (Lipinski definition) is 3. The van der Waals surface area contributed by atoms with Crippen molar-refractivity contribution in [2.45, 2.75) is 19.9 Å². The van der Waals surface area contributed by atoms with Crippen molar-refractivity contribution in [3.63, 3.8) is 0 Å². The normalized spacial score (nSPS) is 14.5. The fourth-order valence-electron chi connectivity index (χ4n) is 5.37. The lowest BCUT2D eigenvalue weighted by atomic mass is 9.75. The zero-order chi connectivity index (χ0) is 27.3. The van der Waals surface area contributed by atoms with Crippen LogP contribution in [0.1, 0.15) is 38.3 Å². The number of nitrogens with zero attached hydrogens (tertiary/aromatic N) is 1. The van der Waals surface area contributed by atoms with E-state index in [0.717, 1.165) is 39.0 Å². The minimum atomic E-state index is -1.06. The number of para-hydroxylation sites is 1. The van der Waals surface area contributed by atoms with Gasteiger partial charge in [0, 0.05) is 23.2 Å². The molecule has 0 saturated carbocycles. The van der Waals surface area contributed by atoms with Gasteiger partial charge in [0.25, 0.3) is 0 Å². The second kappa shape index (κ2) is 9.57. The zero-order valence-corrected chi connectivity index (χ0v) is 21.7. The molecule has 7 heteroatoms. The van der Waals surface area contributed by atoms with E-state index in [1.54, 1.807) is 42.5 Å². The first-order valence-corrected chi connectivity index (χ1v) is 12.8. The Balaban J connectivity index is 1.52. The molecule has 4 aromatic rings. The number of aromatic hydroxyl groups is 1. The molecule has 0 fully saturated rings. The number of nitrogens with one attached hydrogen (secondary N) is 1. The number of hydrogen-bond acceptors (Lipinski definition) is 5. The average molecular weight is 535 g/mol. The molecular formula is C32H23ClN2O4. The number of anilines is 1. The summed E-state index contributed by atoms with van der Waals surface area (Å²) in [5.41, 5.74) is 7.57. The van der Waals surface area contributed by atoms with E-state index in [2.05, 4.69) is 5.32 Å². The predicted molar refractivity (Wildman–Crippen MR) is 152 cm³/mol. The van der Waals surface area contributed by atoms with Gasteiger partial charge in [-0.2, -0.15) is 0 Å². The molecule has 192 valence electrons. The standard InChI is InChI=1S/C32H23ClN2O4/c1-17-9-10-18-5-4-8-27(31(18)35-17)34-16-25-24-13-19-14-29(37)26(33)15-23(19)30(21(24)11-12-28(25)36)20-6-2-3-7-22(20)32(38)39/h2-12,14-15,34,36H,13,16H2,1H3,(H,38,39). The summed E-state index contributed by atoms with van der Waals surface area (Å²) in [4.78, 5) is 29.4. The van der Waals surface area contributed by atoms with Gasteiger partial charge in [0.2, 0.25) is 0 Å². The molecule has 0 saturated heterocycles. The smallest absolute Gasteiger partial charge is 0.336 e. The monoisotopic (exact) mass is 534 g/mol. The lowest BCUT2D eigenvalue weighted by Gasteiger charge is -2.29. The van der Waals surface area contributed by atoms with Gasteiger partial charge in [-0.05, 0) is 83.2 Å². The largest absolute Gasteiger partial charge is 0.508 e. The summed E-state index contributed by atoms with van der Waals surface area (Å²) in [7, 11) is 0. The highest BCUT2D eigenvalue weighted by atomic mass is 35.5. The number of carboxylic acids is 1. The number of carbonyl (C=O) groups is 2. The van der Waals surface area contributed by atoms with Crippen molar-refractivity contribution in [2.24, 2.45) is 0 Å². The molecular weight excluding hydrogens is 512 g/mol. The summed E-state index contributed by atoms with van der Waals surface area (Å²) < 4.78 is 0. The molecule has 0 spiro atoms. The van der Waals surface area contributed by atoms with Crippen LogP contribution in [0, 0.1) is 6.92 Å². The highest BCUT2D eigenvalue weighted by Gasteiger charge is 2.31. The van der Waals surface area contributed by atoms with Crippen LogP contribution in [0.2, 0.25) is 0 Å². The fourth-order valence-corrected chi connectivity index (χ4v) is 5.54. The second-order valence-corrected chi connectivity index (χ2v) is 10.0. The molecule has 6 nitrogen and oxygen atoms in total. The number of benzene rings is 3. The molecule has 6 rings (SSSR count). The number of rotatable bonds is 5. The van der Waals surface area contributed by atoms with Gasteiger partial charge in [-0.3, -0.25) is 9.78 Å². The van der Waals surface area contributed by atoms with Gasteiger partial charge in [-0.25, -0.2) is 4.79 Å². The minimum Gasteiger partial charge on any atom is -0.508 e. The molecule has 0 unspecified atom stereocenters. The number of aryl methyl sites for hydroxylation is 1. The van der Waals surface area contributed by atoms with Crippen molar-refractivity contribution in [1.82, 2.24) is 4.98 Å². The van der Waals surface area contributed by atoms with Crippen molar-refractivity contribution in [2.75, 3.05) is 5.32 Å². The van der Waals surface area contributed by atoms with E-state index < -0.39 is 5.97 Å². The number of aromatic carboxylic acids is 1. The molecule has 0 radical (unpaired) electrons. The summed E-state index contributed by atoms with van der Waals surface area (Å²) in [6.45, 7) is 2.24. The van der Waals surface area contributed by atoms with Gasteiger partial charge in [0.15, 0.2) is 5.78 Å². The maximum absolute atomic E-state index is 12.5. The van der Waals surface area contributed by atoms with E-state index in [1.165, 1.54) is 6.08 Å². The molecule has 3 N–H and O–H groups in total. The van der Waals surface area contributed by atoms with Crippen LogP contribution >= 0.6 is 11.6 Å². The van der Waals surface area contributed by atoms with E-state index in [4.69, 9.17) is 16.6 Å². The Morgan fingerprint density at radius 1 is 1.00 bits per heavy atom. The minimum absolute atomic E-state index is 0.0712. The van der Waals surface area contributed by atoms with Crippen LogP contribution in [0.3, 0.4) is 0 Å². The Kier molecular flexibility index (Phi) is 6.04. The fraction of sp³-hybridized carbons (Fsp3) is 0.0938. The quantitative estimate of drug-likeness (QED) is 0.268. The van der Waals surface area contributed by atoms with Gasteiger partial charge in [0.1, 0.15) is 5.75 Å². The van der Waals surface area contributed by atoms with Crippen LogP contribution in [-0.2, 0) is 17.8 Å². The molecule has 0 aliphatic heterocycles. The van der Waals surface area contributed by atoms with E-state index >= 15 is 0 Å². The number of pyridine rings is 1. The highest BCUT2D eigenvalue weighted by molar-refractivity contribution is 6.45. The molecule has 3 aromatic carbocycles. The lowest BCUT2D eigenvalue weighted by Crippen LogP contribution is -2.17. The topological polar surface area (TPSA) is 99.5 Å². The third-order valence-corrected chi connectivity index (χ3v) is 7.51. The van der Waals surface area contributed by atoms with Crippen molar-refractivity contribution in [1.29, 1.82) is 0 Å². The zero-order valence-electron chi connectivity index (χ0n) is 21.0. The van der Waals surface area contributed by atoms with Crippen molar-refractivity contribution in [3.8, 4) is 5.75 Å². The summed E-state index contributed by atoms with van der Waals surface area (Å²) >= 11 is 6.26. The Labute approximate surface area is 229 Å². The maximum Gasteiger partial charge on any atom is 0.336 e. The number of aromatic nitrogens is 1.